The molecule has 2 aromatic rings. The van der Waals surface area contributed by atoms with Gasteiger partial charge in [-0.05, 0) is 41.8 Å². The zero-order valence-corrected chi connectivity index (χ0v) is 14.8. The average Bonchev–Trinajstić information content (AvgIpc) is 2.60. The summed E-state index contributed by atoms with van der Waals surface area (Å²) in [6.45, 7) is 2.60. The van der Waals surface area contributed by atoms with E-state index in [1.54, 1.807) is 17.0 Å². The maximum atomic E-state index is 12.5. The molecule has 0 saturated carbocycles. The number of nitro groups is 1. The number of carbonyl (C=O) groups is 1. The predicted octanol–water partition coefficient (Wildman–Crippen LogP) is 2.30. The Hall–Kier alpha value is -2.94. The van der Waals surface area contributed by atoms with E-state index in [4.69, 9.17) is 0 Å². The van der Waals surface area contributed by atoms with E-state index in [1.807, 2.05) is 6.07 Å². The zero-order valence-electron chi connectivity index (χ0n) is 14.0. The van der Waals surface area contributed by atoms with E-state index >= 15 is 0 Å². The van der Waals surface area contributed by atoms with E-state index in [1.165, 1.54) is 19.1 Å². The lowest BCUT2D eigenvalue weighted by molar-refractivity contribution is -0.384. The Balaban J connectivity index is 1.83. The van der Waals surface area contributed by atoms with Crippen LogP contribution < -0.4 is 4.72 Å². The van der Waals surface area contributed by atoms with Crippen molar-refractivity contribution >= 4 is 27.3 Å². The van der Waals surface area contributed by atoms with Gasteiger partial charge in [-0.2, -0.15) is 0 Å². The van der Waals surface area contributed by atoms with Gasteiger partial charge in [-0.15, -0.1) is 0 Å². The molecular formula is C17H17N3O5S. The number of hydrogen-bond donors (Lipinski definition) is 1. The van der Waals surface area contributed by atoms with Gasteiger partial charge < -0.3 is 4.90 Å². The first-order chi connectivity index (χ1) is 12.3. The van der Waals surface area contributed by atoms with E-state index in [2.05, 4.69) is 4.72 Å². The minimum absolute atomic E-state index is 0.0208. The highest BCUT2D eigenvalue weighted by Crippen LogP contribution is 2.25. The van der Waals surface area contributed by atoms with Crippen molar-refractivity contribution in [2.75, 3.05) is 11.3 Å². The van der Waals surface area contributed by atoms with Gasteiger partial charge >= 0.3 is 0 Å². The number of nitro benzene ring substituents is 1. The van der Waals surface area contributed by atoms with E-state index in [0.29, 0.717) is 18.8 Å². The van der Waals surface area contributed by atoms with Gasteiger partial charge in [0, 0.05) is 37.8 Å². The summed E-state index contributed by atoms with van der Waals surface area (Å²) >= 11 is 0. The number of sulfonamides is 1. The molecule has 1 amide bonds. The lowest BCUT2D eigenvalue weighted by Gasteiger charge is -2.28. The number of non-ortho nitro benzene ring substituents is 1. The summed E-state index contributed by atoms with van der Waals surface area (Å²) in [5.74, 6) is -0.0208. The number of carbonyl (C=O) groups excluding carboxylic acids is 1. The van der Waals surface area contributed by atoms with Crippen LogP contribution in [0.2, 0.25) is 0 Å². The van der Waals surface area contributed by atoms with Gasteiger partial charge in [0.15, 0.2) is 0 Å². The number of anilines is 1. The van der Waals surface area contributed by atoms with Crippen molar-refractivity contribution in [3.63, 3.8) is 0 Å². The van der Waals surface area contributed by atoms with E-state index in [-0.39, 0.29) is 16.5 Å². The van der Waals surface area contributed by atoms with Gasteiger partial charge in [0.2, 0.25) is 5.91 Å². The van der Waals surface area contributed by atoms with Gasteiger partial charge in [0.05, 0.1) is 9.82 Å². The molecule has 0 fully saturated rings. The van der Waals surface area contributed by atoms with Gasteiger partial charge in [0.1, 0.15) is 0 Å². The summed E-state index contributed by atoms with van der Waals surface area (Å²) < 4.78 is 27.4. The number of rotatable bonds is 4. The van der Waals surface area contributed by atoms with Crippen molar-refractivity contribution in [3.05, 3.63) is 63.7 Å². The van der Waals surface area contributed by atoms with Crippen LogP contribution in [-0.4, -0.2) is 30.7 Å². The van der Waals surface area contributed by atoms with Gasteiger partial charge in [-0.25, -0.2) is 8.42 Å². The van der Waals surface area contributed by atoms with Crippen molar-refractivity contribution in [1.29, 1.82) is 0 Å². The molecular weight excluding hydrogens is 358 g/mol. The SMILES string of the molecule is CC(=O)N1CCc2ccc(NS(=O)(=O)c3ccc([N+](=O)[O-])cc3)cc2C1. The molecule has 26 heavy (non-hydrogen) atoms. The maximum Gasteiger partial charge on any atom is 0.269 e. The largest absolute Gasteiger partial charge is 0.338 e. The Morgan fingerprint density at radius 2 is 1.85 bits per heavy atom. The van der Waals surface area contributed by atoms with Crippen LogP contribution in [0.1, 0.15) is 18.1 Å². The fourth-order valence-electron chi connectivity index (χ4n) is 2.85. The van der Waals surface area contributed by atoms with Crippen LogP contribution in [0.25, 0.3) is 0 Å². The molecule has 0 aromatic heterocycles. The molecule has 3 rings (SSSR count). The van der Waals surface area contributed by atoms with Crippen LogP contribution in [0, 0.1) is 10.1 Å². The Morgan fingerprint density at radius 3 is 2.46 bits per heavy atom. The number of benzene rings is 2. The van der Waals surface area contributed by atoms with Crippen molar-refractivity contribution in [1.82, 2.24) is 4.90 Å². The number of nitrogens with zero attached hydrogens (tertiary/aromatic N) is 2. The predicted molar refractivity (Wildman–Crippen MR) is 95.1 cm³/mol. The number of fused-ring (bicyclic) bond motifs is 1. The first kappa shape index (κ1) is 17.9. The van der Waals surface area contributed by atoms with Gasteiger partial charge in [-0.3, -0.25) is 19.6 Å². The Bertz CT molecular complexity index is 970. The fraction of sp³-hybridized carbons (Fsp3) is 0.235. The van der Waals surface area contributed by atoms with E-state index in [0.717, 1.165) is 29.7 Å². The van der Waals surface area contributed by atoms with Crippen molar-refractivity contribution in [2.45, 2.75) is 24.8 Å². The molecule has 1 N–H and O–H groups in total. The Morgan fingerprint density at radius 1 is 1.15 bits per heavy atom. The number of nitrogens with one attached hydrogen (secondary N) is 1. The second-order valence-electron chi connectivity index (χ2n) is 6.03. The molecule has 0 atom stereocenters. The second kappa shape index (κ2) is 6.75. The van der Waals surface area contributed by atoms with E-state index in [9.17, 15) is 23.3 Å². The summed E-state index contributed by atoms with van der Waals surface area (Å²) in [6, 6.07) is 9.91. The monoisotopic (exact) mass is 375 g/mol. The normalized spacial score (nSPS) is 13.8. The molecule has 1 aliphatic rings. The van der Waals surface area contributed by atoms with Crippen LogP contribution in [0.5, 0.6) is 0 Å². The van der Waals surface area contributed by atoms with Crippen LogP contribution in [0.4, 0.5) is 11.4 Å². The average molecular weight is 375 g/mol. The first-order valence-electron chi connectivity index (χ1n) is 7.91. The van der Waals surface area contributed by atoms with Gasteiger partial charge in [0.25, 0.3) is 15.7 Å². The molecule has 2 aromatic carbocycles. The lowest BCUT2D eigenvalue weighted by Crippen LogP contribution is -2.34. The summed E-state index contributed by atoms with van der Waals surface area (Å²) in [7, 11) is -3.87. The molecule has 136 valence electrons. The lowest BCUT2D eigenvalue weighted by atomic mass is 9.99. The first-order valence-corrected chi connectivity index (χ1v) is 9.39. The van der Waals surface area contributed by atoms with Crippen LogP contribution >= 0.6 is 0 Å². The highest BCUT2D eigenvalue weighted by Gasteiger charge is 2.20. The molecule has 0 aliphatic carbocycles. The molecule has 0 unspecified atom stereocenters. The standard InChI is InChI=1S/C17H17N3O5S/c1-12(21)19-9-8-13-2-3-15(10-14(13)11-19)18-26(24,25)17-6-4-16(5-7-17)20(22)23/h2-7,10,18H,8-9,11H2,1H3. The van der Waals surface area contributed by atoms with Crippen molar-refractivity contribution < 1.29 is 18.1 Å². The molecule has 0 bridgehead atoms. The third kappa shape index (κ3) is 3.67. The third-order valence-electron chi connectivity index (χ3n) is 4.27. The molecule has 1 aliphatic heterocycles. The summed E-state index contributed by atoms with van der Waals surface area (Å²) in [5.41, 5.74) is 2.19. The summed E-state index contributed by atoms with van der Waals surface area (Å²) in [5, 5.41) is 10.7. The highest BCUT2D eigenvalue weighted by atomic mass is 32.2. The number of amides is 1. The van der Waals surface area contributed by atoms with Crippen LogP contribution in [0.3, 0.4) is 0 Å². The Kier molecular flexibility index (Phi) is 4.64. The molecule has 0 saturated heterocycles. The highest BCUT2D eigenvalue weighted by molar-refractivity contribution is 7.92. The Labute approximate surface area is 150 Å². The molecule has 1 heterocycles. The minimum Gasteiger partial charge on any atom is -0.338 e. The van der Waals surface area contributed by atoms with Crippen LogP contribution in [0.15, 0.2) is 47.4 Å². The molecule has 8 nitrogen and oxygen atoms in total. The molecule has 9 heteroatoms. The quantitative estimate of drug-likeness (QED) is 0.651. The third-order valence-corrected chi connectivity index (χ3v) is 5.67. The zero-order chi connectivity index (χ0) is 18.9. The summed E-state index contributed by atoms with van der Waals surface area (Å²) in [4.78, 5) is 23.3. The molecule has 0 spiro atoms. The van der Waals surface area contributed by atoms with Crippen molar-refractivity contribution in [3.8, 4) is 0 Å². The van der Waals surface area contributed by atoms with Crippen molar-refractivity contribution in [2.24, 2.45) is 0 Å². The topological polar surface area (TPSA) is 110 Å². The summed E-state index contributed by atoms with van der Waals surface area (Å²) in [6.07, 6.45) is 0.726. The number of hydrogen-bond acceptors (Lipinski definition) is 5. The maximum absolute atomic E-state index is 12.5. The van der Waals surface area contributed by atoms with E-state index < -0.39 is 14.9 Å². The van der Waals surface area contributed by atoms with Gasteiger partial charge in [-0.1, -0.05) is 6.07 Å². The fourth-order valence-corrected chi connectivity index (χ4v) is 3.90. The minimum atomic E-state index is -3.87. The molecule has 0 radical (unpaired) electrons. The van der Waals surface area contributed by atoms with Crippen LogP contribution in [-0.2, 0) is 27.8 Å². The second-order valence-corrected chi connectivity index (χ2v) is 7.71. The smallest absolute Gasteiger partial charge is 0.269 e.